The van der Waals surface area contributed by atoms with E-state index in [0.29, 0.717) is 36.2 Å². The van der Waals surface area contributed by atoms with Crippen molar-refractivity contribution in [1.29, 1.82) is 0 Å². The number of hydrogen-bond donors (Lipinski definition) is 0. The van der Waals surface area contributed by atoms with E-state index in [9.17, 15) is 14.0 Å². The van der Waals surface area contributed by atoms with Crippen molar-refractivity contribution >= 4 is 27.7 Å². The molecule has 2 amide bonds. The van der Waals surface area contributed by atoms with Gasteiger partial charge >= 0.3 is 0 Å². The van der Waals surface area contributed by atoms with Crippen LogP contribution in [0.25, 0.3) is 0 Å². The second-order valence-electron chi connectivity index (χ2n) is 4.42. The van der Waals surface area contributed by atoms with Gasteiger partial charge in [-0.25, -0.2) is 4.39 Å². The summed E-state index contributed by atoms with van der Waals surface area (Å²) < 4.78 is 13.4. The highest BCUT2D eigenvalue weighted by atomic mass is 79.9. The molecule has 1 aliphatic rings. The average molecular weight is 329 g/mol. The number of hydrogen-bond acceptors (Lipinski definition) is 2. The summed E-state index contributed by atoms with van der Waals surface area (Å²) in [5, 5.41) is 0. The molecule has 0 bridgehead atoms. The molecule has 0 spiro atoms. The molecule has 19 heavy (non-hydrogen) atoms. The van der Waals surface area contributed by atoms with E-state index in [1.807, 2.05) is 0 Å². The molecular weight excluding hydrogens is 315 g/mol. The maximum atomic E-state index is 13.0. The Morgan fingerprint density at radius 3 is 2.26 bits per heavy atom. The highest BCUT2D eigenvalue weighted by Crippen LogP contribution is 2.20. The predicted molar refractivity (Wildman–Crippen MR) is 72.3 cm³/mol. The summed E-state index contributed by atoms with van der Waals surface area (Å²) in [6, 6.07) is 4.02. The number of nitrogens with zero attached hydrogens (tertiary/aromatic N) is 2. The fraction of sp³-hybridized carbons (Fsp3) is 0.385. The van der Waals surface area contributed by atoms with E-state index in [-0.39, 0.29) is 17.6 Å². The average Bonchev–Trinajstić information content (AvgIpc) is 2.38. The molecule has 2 rings (SSSR count). The van der Waals surface area contributed by atoms with Crippen molar-refractivity contribution in [2.75, 3.05) is 26.2 Å². The maximum absolute atomic E-state index is 13.0. The van der Waals surface area contributed by atoms with Crippen molar-refractivity contribution in [3.05, 3.63) is 34.1 Å². The Labute approximate surface area is 119 Å². The fourth-order valence-corrected chi connectivity index (χ4v) is 2.58. The second-order valence-corrected chi connectivity index (χ2v) is 5.28. The minimum Gasteiger partial charge on any atom is -0.339 e. The Morgan fingerprint density at radius 2 is 1.74 bits per heavy atom. The summed E-state index contributed by atoms with van der Waals surface area (Å²) >= 11 is 3.20. The first-order valence-corrected chi connectivity index (χ1v) is 6.78. The molecule has 0 unspecified atom stereocenters. The van der Waals surface area contributed by atoms with Crippen LogP contribution < -0.4 is 0 Å². The molecule has 1 aromatic rings. The number of benzene rings is 1. The molecule has 1 fully saturated rings. The molecular formula is C13H14BrFN2O2. The van der Waals surface area contributed by atoms with E-state index >= 15 is 0 Å². The van der Waals surface area contributed by atoms with Gasteiger partial charge in [-0.1, -0.05) is 0 Å². The molecule has 0 radical (unpaired) electrons. The van der Waals surface area contributed by atoms with Crippen molar-refractivity contribution < 1.29 is 14.0 Å². The van der Waals surface area contributed by atoms with Crippen molar-refractivity contribution in [3.63, 3.8) is 0 Å². The molecule has 1 saturated heterocycles. The number of rotatable bonds is 1. The number of carbonyl (C=O) groups is 2. The highest BCUT2D eigenvalue weighted by Gasteiger charge is 2.24. The predicted octanol–water partition coefficient (Wildman–Crippen LogP) is 1.89. The standard InChI is InChI=1S/C13H14BrFN2O2/c1-9(18)16-4-6-17(7-5-16)13(19)11-3-2-10(15)8-12(11)14/h2-3,8H,4-7H2,1H3. The summed E-state index contributed by atoms with van der Waals surface area (Å²) in [4.78, 5) is 26.9. The monoisotopic (exact) mass is 328 g/mol. The van der Waals surface area contributed by atoms with Crippen LogP contribution in [0.15, 0.2) is 22.7 Å². The summed E-state index contributed by atoms with van der Waals surface area (Å²) in [5.41, 5.74) is 0.442. The molecule has 0 atom stereocenters. The van der Waals surface area contributed by atoms with Crippen molar-refractivity contribution in [2.45, 2.75) is 6.92 Å². The van der Waals surface area contributed by atoms with Crippen molar-refractivity contribution in [1.82, 2.24) is 9.80 Å². The quantitative estimate of drug-likeness (QED) is 0.790. The molecule has 0 aromatic heterocycles. The third-order valence-corrected chi connectivity index (χ3v) is 3.83. The molecule has 0 saturated carbocycles. The Hall–Kier alpha value is -1.43. The first kappa shape index (κ1) is 14.0. The smallest absolute Gasteiger partial charge is 0.255 e. The minimum atomic E-state index is -0.384. The van der Waals surface area contributed by atoms with Gasteiger partial charge in [-0.05, 0) is 34.1 Å². The Bertz CT molecular complexity index is 513. The van der Waals surface area contributed by atoms with E-state index in [0.717, 1.165) is 0 Å². The lowest BCUT2D eigenvalue weighted by atomic mass is 10.1. The Kier molecular flexibility index (Phi) is 4.19. The van der Waals surface area contributed by atoms with Crippen LogP contribution in [0.3, 0.4) is 0 Å². The second kappa shape index (κ2) is 5.69. The summed E-state index contributed by atoms with van der Waals surface area (Å²) in [7, 11) is 0. The van der Waals surface area contributed by atoms with Gasteiger partial charge in [0.1, 0.15) is 5.82 Å². The van der Waals surface area contributed by atoms with Gasteiger partial charge < -0.3 is 9.80 Å². The summed E-state index contributed by atoms with van der Waals surface area (Å²) in [5.74, 6) is -0.505. The van der Waals surface area contributed by atoms with Gasteiger partial charge in [0.2, 0.25) is 5.91 Å². The van der Waals surface area contributed by atoms with Crippen LogP contribution in [0.1, 0.15) is 17.3 Å². The molecule has 1 aromatic carbocycles. The normalized spacial score (nSPS) is 15.5. The van der Waals surface area contributed by atoms with Crippen LogP contribution >= 0.6 is 15.9 Å². The molecule has 0 N–H and O–H groups in total. The SMILES string of the molecule is CC(=O)N1CCN(C(=O)c2ccc(F)cc2Br)CC1. The van der Waals surface area contributed by atoms with Gasteiger partial charge in [-0.15, -0.1) is 0 Å². The first-order valence-electron chi connectivity index (χ1n) is 5.99. The lowest BCUT2D eigenvalue weighted by molar-refractivity contribution is -0.130. The van der Waals surface area contributed by atoms with Crippen LogP contribution in [0.2, 0.25) is 0 Å². The lowest BCUT2D eigenvalue weighted by Gasteiger charge is -2.34. The van der Waals surface area contributed by atoms with E-state index < -0.39 is 0 Å². The fourth-order valence-electron chi connectivity index (χ4n) is 2.06. The molecule has 4 nitrogen and oxygen atoms in total. The van der Waals surface area contributed by atoms with Gasteiger partial charge in [0, 0.05) is 37.6 Å². The zero-order valence-corrected chi connectivity index (χ0v) is 12.1. The van der Waals surface area contributed by atoms with Gasteiger partial charge in [0.15, 0.2) is 0 Å². The minimum absolute atomic E-state index is 0.0232. The van der Waals surface area contributed by atoms with E-state index in [4.69, 9.17) is 0 Å². The molecule has 1 heterocycles. The van der Waals surface area contributed by atoms with E-state index in [1.165, 1.54) is 25.1 Å². The molecule has 102 valence electrons. The molecule has 1 aliphatic heterocycles. The molecule has 6 heteroatoms. The van der Waals surface area contributed by atoms with Gasteiger partial charge in [-0.2, -0.15) is 0 Å². The van der Waals surface area contributed by atoms with Crippen molar-refractivity contribution in [3.8, 4) is 0 Å². The zero-order chi connectivity index (χ0) is 14.0. The number of piperazine rings is 1. The number of carbonyl (C=O) groups excluding carboxylic acids is 2. The third kappa shape index (κ3) is 3.12. The van der Waals surface area contributed by atoms with Gasteiger partial charge in [-0.3, -0.25) is 9.59 Å². The van der Waals surface area contributed by atoms with Crippen LogP contribution in [0.5, 0.6) is 0 Å². The van der Waals surface area contributed by atoms with Crippen LogP contribution in [0, 0.1) is 5.82 Å². The Balaban J connectivity index is 2.07. The highest BCUT2D eigenvalue weighted by molar-refractivity contribution is 9.10. The topological polar surface area (TPSA) is 40.6 Å². The Morgan fingerprint density at radius 1 is 1.16 bits per heavy atom. The van der Waals surface area contributed by atoms with Gasteiger partial charge in [0.05, 0.1) is 5.56 Å². The number of halogens is 2. The zero-order valence-electron chi connectivity index (χ0n) is 10.5. The summed E-state index contributed by atoms with van der Waals surface area (Å²) in [6.45, 7) is 3.61. The third-order valence-electron chi connectivity index (χ3n) is 3.17. The van der Waals surface area contributed by atoms with E-state index in [1.54, 1.807) is 9.80 Å². The van der Waals surface area contributed by atoms with Crippen LogP contribution in [-0.2, 0) is 4.79 Å². The number of amides is 2. The largest absolute Gasteiger partial charge is 0.339 e. The lowest BCUT2D eigenvalue weighted by Crippen LogP contribution is -2.50. The van der Waals surface area contributed by atoms with Crippen LogP contribution in [0.4, 0.5) is 4.39 Å². The van der Waals surface area contributed by atoms with Gasteiger partial charge in [0.25, 0.3) is 5.91 Å². The first-order chi connectivity index (χ1) is 8.99. The summed E-state index contributed by atoms with van der Waals surface area (Å²) in [6.07, 6.45) is 0. The molecule has 0 aliphatic carbocycles. The van der Waals surface area contributed by atoms with E-state index in [2.05, 4.69) is 15.9 Å². The van der Waals surface area contributed by atoms with Crippen molar-refractivity contribution in [2.24, 2.45) is 0 Å². The maximum Gasteiger partial charge on any atom is 0.255 e. The van der Waals surface area contributed by atoms with Crippen LogP contribution in [-0.4, -0.2) is 47.8 Å².